The van der Waals surface area contributed by atoms with Crippen LogP contribution in [-0.4, -0.2) is 56.1 Å². The van der Waals surface area contributed by atoms with Crippen LogP contribution in [0, 0.1) is 5.92 Å². The van der Waals surface area contributed by atoms with Gasteiger partial charge in [-0.1, -0.05) is 0 Å². The van der Waals surface area contributed by atoms with Crippen molar-refractivity contribution in [1.29, 1.82) is 0 Å². The van der Waals surface area contributed by atoms with E-state index in [1.165, 1.54) is 0 Å². The van der Waals surface area contributed by atoms with Crippen molar-refractivity contribution in [2.75, 3.05) is 33.2 Å². The maximum atomic E-state index is 11.9. The largest absolute Gasteiger partial charge is 0.354 e. The van der Waals surface area contributed by atoms with Gasteiger partial charge in [-0.2, -0.15) is 0 Å². The Kier molecular flexibility index (Phi) is 5.01. The minimum Gasteiger partial charge on any atom is -0.354 e. The topological polar surface area (TPSA) is 73.5 Å². The summed E-state index contributed by atoms with van der Waals surface area (Å²) in [7, 11) is 1.65. The number of hydrogen-bond donors (Lipinski definition) is 3. The highest BCUT2D eigenvalue weighted by atomic mass is 16.2. The van der Waals surface area contributed by atoms with Gasteiger partial charge in [-0.05, 0) is 38.1 Å². The second-order valence-corrected chi connectivity index (χ2v) is 5.40. The summed E-state index contributed by atoms with van der Waals surface area (Å²) in [5.74, 6) is 0.478. The van der Waals surface area contributed by atoms with Gasteiger partial charge in [-0.25, -0.2) is 4.79 Å². The van der Waals surface area contributed by atoms with Crippen LogP contribution in [-0.2, 0) is 4.79 Å². The van der Waals surface area contributed by atoms with Crippen molar-refractivity contribution in [3.63, 3.8) is 0 Å². The Morgan fingerprint density at radius 3 is 2.84 bits per heavy atom. The highest BCUT2D eigenvalue weighted by Gasteiger charge is 2.25. The number of nitrogens with one attached hydrogen (secondary N) is 3. The maximum absolute atomic E-state index is 11.9. The predicted molar refractivity (Wildman–Crippen MR) is 72.8 cm³/mol. The molecule has 2 unspecified atom stereocenters. The van der Waals surface area contributed by atoms with E-state index in [4.69, 9.17) is 0 Å². The number of likely N-dealkylation sites (tertiary alicyclic amines) is 1. The molecule has 2 fully saturated rings. The van der Waals surface area contributed by atoms with Crippen molar-refractivity contribution in [3.05, 3.63) is 0 Å². The average molecular weight is 268 g/mol. The monoisotopic (exact) mass is 268 g/mol. The fourth-order valence-corrected chi connectivity index (χ4v) is 2.85. The van der Waals surface area contributed by atoms with E-state index in [-0.39, 0.29) is 18.0 Å². The highest BCUT2D eigenvalue weighted by molar-refractivity contribution is 5.82. The van der Waals surface area contributed by atoms with Crippen molar-refractivity contribution in [1.82, 2.24) is 20.9 Å². The van der Waals surface area contributed by atoms with Crippen LogP contribution in [0.5, 0.6) is 0 Å². The van der Waals surface area contributed by atoms with Gasteiger partial charge in [0.15, 0.2) is 0 Å². The van der Waals surface area contributed by atoms with Crippen LogP contribution >= 0.6 is 0 Å². The molecule has 2 rings (SSSR count). The third-order valence-corrected chi connectivity index (χ3v) is 3.96. The summed E-state index contributed by atoms with van der Waals surface area (Å²) in [5, 5.41) is 8.86. The first-order valence-electron chi connectivity index (χ1n) is 7.18. The third-order valence-electron chi connectivity index (χ3n) is 3.96. The van der Waals surface area contributed by atoms with Gasteiger partial charge in [-0.3, -0.25) is 4.79 Å². The molecule has 3 N–H and O–H groups in total. The van der Waals surface area contributed by atoms with Crippen LogP contribution in [0.2, 0.25) is 0 Å². The first-order valence-corrected chi connectivity index (χ1v) is 7.18. The molecule has 0 aromatic rings. The van der Waals surface area contributed by atoms with Crippen molar-refractivity contribution >= 4 is 11.9 Å². The minimum atomic E-state index is -0.0199. The number of carbonyl (C=O) groups is 2. The summed E-state index contributed by atoms with van der Waals surface area (Å²) in [6.45, 7) is 3.16. The average Bonchev–Trinajstić information content (AvgIpc) is 2.98. The van der Waals surface area contributed by atoms with E-state index in [1.54, 1.807) is 7.05 Å². The molecular weight excluding hydrogens is 244 g/mol. The molecule has 6 heteroatoms. The van der Waals surface area contributed by atoms with E-state index in [0.717, 1.165) is 45.3 Å². The van der Waals surface area contributed by atoms with Gasteiger partial charge in [0.25, 0.3) is 0 Å². The van der Waals surface area contributed by atoms with E-state index in [9.17, 15) is 9.59 Å². The lowest BCUT2D eigenvalue weighted by atomic mass is 9.98. The number of piperidine rings is 1. The van der Waals surface area contributed by atoms with Gasteiger partial charge in [0.1, 0.15) is 0 Å². The minimum absolute atomic E-state index is 0.0152. The Morgan fingerprint density at radius 1 is 1.32 bits per heavy atom. The molecule has 6 nitrogen and oxygen atoms in total. The predicted octanol–water partition coefficient (Wildman–Crippen LogP) is -0.0940. The zero-order valence-electron chi connectivity index (χ0n) is 11.6. The Morgan fingerprint density at radius 2 is 2.16 bits per heavy atom. The van der Waals surface area contributed by atoms with Gasteiger partial charge in [0, 0.05) is 26.7 Å². The van der Waals surface area contributed by atoms with Crippen LogP contribution < -0.4 is 16.0 Å². The van der Waals surface area contributed by atoms with Crippen molar-refractivity contribution < 1.29 is 9.59 Å². The third kappa shape index (κ3) is 3.83. The molecule has 0 aromatic carbocycles. The zero-order chi connectivity index (χ0) is 13.7. The van der Waals surface area contributed by atoms with Crippen molar-refractivity contribution in [2.45, 2.75) is 31.7 Å². The molecule has 0 aliphatic carbocycles. The fraction of sp³-hybridized carbons (Fsp3) is 0.846. The number of nitrogens with zero attached hydrogens (tertiary/aromatic N) is 1. The number of carbonyl (C=O) groups excluding carboxylic acids is 2. The SMILES string of the molecule is CNC(=O)N1CCCC(CNC(=O)C2CCCN2)C1. The summed E-state index contributed by atoms with van der Waals surface area (Å²) >= 11 is 0. The molecule has 108 valence electrons. The smallest absolute Gasteiger partial charge is 0.317 e. The quantitative estimate of drug-likeness (QED) is 0.669. The molecule has 2 aliphatic heterocycles. The first kappa shape index (κ1) is 14.1. The van der Waals surface area contributed by atoms with E-state index >= 15 is 0 Å². The molecule has 2 atom stereocenters. The number of amides is 3. The molecule has 0 aromatic heterocycles. The van der Waals surface area contributed by atoms with Crippen LogP contribution in [0.3, 0.4) is 0 Å². The Labute approximate surface area is 114 Å². The Bertz CT molecular complexity index is 329. The first-order chi connectivity index (χ1) is 9.20. The number of rotatable bonds is 3. The Hall–Kier alpha value is -1.30. The van der Waals surface area contributed by atoms with Gasteiger partial charge < -0.3 is 20.9 Å². The van der Waals surface area contributed by atoms with Crippen molar-refractivity contribution in [2.24, 2.45) is 5.92 Å². The molecule has 0 radical (unpaired) electrons. The van der Waals surface area contributed by atoms with Crippen LogP contribution in [0.25, 0.3) is 0 Å². The highest BCUT2D eigenvalue weighted by Crippen LogP contribution is 2.16. The van der Waals surface area contributed by atoms with E-state index in [2.05, 4.69) is 16.0 Å². The molecule has 3 amide bonds. The number of urea groups is 1. The lowest BCUT2D eigenvalue weighted by molar-refractivity contribution is -0.123. The molecular formula is C13H24N4O2. The normalized spacial score (nSPS) is 27.1. The van der Waals surface area contributed by atoms with Gasteiger partial charge in [0.05, 0.1) is 6.04 Å². The molecule has 0 bridgehead atoms. The number of hydrogen-bond acceptors (Lipinski definition) is 3. The summed E-state index contributed by atoms with van der Waals surface area (Å²) in [6, 6.07) is -0.0351. The fourth-order valence-electron chi connectivity index (χ4n) is 2.85. The lowest BCUT2D eigenvalue weighted by Crippen LogP contribution is -2.48. The van der Waals surface area contributed by atoms with Gasteiger partial charge in [0.2, 0.25) is 5.91 Å². The van der Waals surface area contributed by atoms with Crippen LogP contribution in [0.4, 0.5) is 4.79 Å². The molecule has 2 aliphatic rings. The molecule has 2 heterocycles. The maximum Gasteiger partial charge on any atom is 0.317 e. The van der Waals surface area contributed by atoms with Crippen molar-refractivity contribution in [3.8, 4) is 0 Å². The van der Waals surface area contributed by atoms with E-state index in [1.807, 2.05) is 4.90 Å². The Balaban J connectivity index is 1.73. The van der Waals surface area contributed by atoms with Gasteiger partial charge >= 0.3 is 6.03 Å². The summed E-state index contributed by atoms with van der Waals surface area (Å²) in [4.78, 5) is 25.3. The molecule has 0 spiro atoms. The summed E-state index contributed by atoms with van der Waals surface area (Å²) in [6.07, 6.45) is 4.09. The second kappa shape index (κ2) is 6.75. The zero-order valence-corrected chi connectivity index (χ0v) is 11.6. The van der Waals surface area contributed by atoms with E-state index in [0.29, 0.717) is 12.5 Å². The standard InChI is InChI=1S/C13H24N4O2/c1-14-13(19)17-7-3-4-10(9-17)8-16-12(18)11-5-2-6-15-11/h10-11,15H,2-9H2,1H3,(H,14,19)(H,16,18). The van der Waals surface area contributed by atoms with Crippen LogP contribution in [0.1, 0.15) is 25.7 Å². The lowest BCUT2D eigenvalue weighted by Gasteiger charge is -2.32. The molecule has 19 heavy (non-hydrogen) atoms. The second-order valence-electron chi connectivity index (χ2n) is 5.40. The molecule has 0 saturated carbocycles. The molecule has 2 saturated heterocycles. The summed E-state index contributed by atoms with van der Waals surface area (Å²) in [5.41, 5.74) is 0. The van der Waals surface area contributed by atoms with Crippen LogP contribution in [0.15, 0.2) is 0 Å². The van der Waals surface area contributed by atoms with Gasteiger partial charge in [-0.15, -0.1) is 0 Å². The van der Waals surface area contributed by atoms with E-state index < -0.39 is 0 Å². The summed E-state index contributed by atoms with van der Waals surface area (Å²) < 4.78 is 0.